The molecule has 0 saturated heterocycles. The Balaban J connectivity index is 2.25. The first-order valence-corrected chi connectivity index (χ1v) is 5.64. The van der Waals surface area contributed by atoms with E-state index in [2.05, 4.69) is 15.3 Å². The fourth-order valence-corrected chi connectivity index (χ4v) is 1.94. The zero-order chi connectivity index (χ0) is 12.3. The Hall–Kier alpha value is -1.69. The highest BCUT2D eigenvalue weighted by molar-refractivity contribution is 7.99. The molecule has 2 rings (SSSR count). The average molecular weight is 253 g/mol. The van der Waals surface area contributed by atoms with Crippen molar-refractivity contribution in [2.24, 2.45) is 0 Å². The van der Waals surface area contributed by atoms with Crippen LogP contribution in [0.1, 0.15) is 0 Å². The Morgan fingerprint density at radius 2 is 1.88 bits per heavy atom. The van der Waals surface area contributed by atoms with E-state index < -0.39 is 5.82 Å². The summed E-state index contributed by atoms with van der Waals surface area (Å²) >= 11 is 1.12. The number of aromatic nitrogens is 2. The lowest BCUT2D eigenvalue weighted by Gasteiger charge is -2.04. The summed E-state index contributed by atoms with van der Waals surface area (Å²) in [7, 11) is 1.65. The SMILES string of the molecule is CNc1ncc(F)c(Sc2ccc(F)cc2)n1. The average Bonchev–Trinajstić information content (AvgIpc) is 2.35. The highest BCUT2D eigenvalue weighted by atomic mass is 32.2. The fraction of sp³-hybridized carbons (Fsp3) is 0.0909. The summed E-state index contributed by atoms with van der Waals surface area (Å²) in [5, 5.41) is 2.93. The predicted octanol–water partition coefficient (Wildman–Crippen LogP) is 2.95. The van der Waals surface area contributed by atoms with Gasteiger partial charge in [-0.25, -0.2) is 18.7 Å². The molecule has 1 aromatic heterocycles. The molecule has 1 aromatic carbocycles. The van der Waals surface area contributed by atoms with Crippen molar-refractivity contribution in [1.82, 2.24) is 9.97 Å². The molecule has 17 heavy (non-hydrogen) atoms. The summed E-state index contributed by atoms with van der Waals surface area (Å²) in [5.41, 5.74) is 0. The maximum atomic E-state index is 13.4. The third kappa shape index (κ3) is 2.91. The Morgan fingerprint density at radius 1 is 1.18 bits per heavy atom. The smallest absolute Gasteiger partial charge is 0.223 e. The van der Waals surface area contributed by atoms with Gasteiger partial charge in [0.25, 0.3) is 0 Å². The van der Waals surface area contributed by atoms with Crippen LogP contribution >= 0.6 is 11.8 Å². The van der Waals surface area contributed by atoms with Crippen molar-refractivity contribution in [2.75, 3.05) is 12.4 Å². The predicted molar refractivity (Wildman–Crippen MR) is 62.1 cm³/mol. The molecule has 0 radical (unpaired) electrons. The van der Waals surface area contributed by atoms with Gasteiger partial charge < -0.3 is 5.32 Å². The van der Waals surface area contributed by atoms with Gasteiger partial charge >= 0.3 is 0 Å². The second-order valence-electron chi connectivity index (χ2n) is 3.15. The molecule has 1 N–H and O–H groups in total. The van der Waals surface area contributed by atoms with E-state index in [0.29, 0.717) is 10.8 Å². The number of halogens is 2. The number of rotatable bonds is 3. The van der Waals surface area contributed by atoms with Crippen molar-refractivity contribution in [3.63, 3.8) is 0 Å². The summed E-state index contributed by atoms with van der Waals surface area (Å²) in [6, 6.07) is 5.78. The standard InChI is InChI=1S/C11H9F2N3S/c1-14-11-15-6-9(13)10(16-11)17-8-4-2-7(12)3-5-8/h2-6H,1H3,(H,14,15,16). The van der Waals surface area contributed by atoms with Gasteiger partial charge in [0.15, 0.2) is 5.82 Å². The zero-order valence-electron chi connectivity index (χ0n) is 8.95. The van der Waals surface area contributed by atoms with E-state index in [1.807, 2.05) is 0 Å². The highest BCUT2D eigenvalue weighted by Gasteiger charge is 2.08. The molecule has 0 saturated carbocycles. The van der Waals surface area contributed by atoms with Crippen LogP contribution in [0.4, 0.5) is 14.7 Å². The minimum absolute atomic E-state index is 0.205. The monoisotopic (exact) mass is 253 g/mol. The molecule has 2 aromatic rings. The summed E-state index contributed by atoms with van der Waals surface area (Å²) in [6.45, 7) is 0. The molecule has 1 heterocycles. The van der Waals surface area contributed by atoms with E-state index in [1.165, 1.54) is 12.1 Å². The fourth-order valence-electron chi connectivity index (χ4n) is 1.16. The molecule has 0 unspecified atom stereocenters. The molecular weight excluding hydrogens is 244 g/mol. The maximum Gasteiger partial charge on any atom is 0.223 e. The van der Waals surface area contributed by atoms with E-state index in [-0.39, 0.29) is 10.8 Å². The van der Waals surface area contributed by atoms with Crippen LogP contribution in [0.15, 0.2) is 40.4 Å². The van der Waals surface area contributed by atoms with Crippen molar-refractivity contribution in [1.29, 1.82) is 0 Å². The van der Waals surface area contributed by atoms with Crippen molar-refractivity contribution in [3.8, 4) is 0 Å². The van der Waals surface area contributed by atoms with Gasteiger partial charge in [-0.15, -0.1) is 0 Å². The summed E-state index contributed by atoms with van der Waals surface area (Å²) in [6.07, 6.45) is 1.10. The van der Waals surface area contributed by atoms with Crippen LogP contribution in [0.5, 0.6) is 0 Å². The molecule has 6 heteroatoms. The van der Waals surface area contributed by atoms with Gasteiger partial charge in [-0.3, -0.25) is 0 Å². The van der Waals surface area contributed by atoms with Gasteiger partial charge in [0.2, 0.25) is 5.95 Å². The molecule has 0 aliphatic carbocycles. The van der Waals surface area contributed by atoms with Crippen LogP contribution in [-0.4, -0.2) is 17.0 Å². The largest absolute Gasteiger partial charge is 0.357 e. The number of hydrogen-bond donors (Lipinski definition) is 1. The number of nitrogens with one attached hydrogen (secondary N) is 1. The van der Waals surface area contributed by atoms with Crippen LogP contribution in [0.3, 0.4) is 0 Å². The molecule has 0 aliphatic heterocycles. The van der Waals surface area contributed by atoms with Crippen molar-refractivity contribution in [2.45, 2.75) is 9.92 Å². The van der Waals surface area contributed by atoms with E-state index in [4.69, 9.17) is 0 Å². The first kappa shape index (κ1) is 11.8. The van der Waals surface area contributed by atoms with Crippen LogP contribution in [0.2, 0.25) is 0 Å². The van der Waals surface area contributed by atoms with Gasteiger partial charge in [-0.1, -0.05) is 11.8 Å². The summed E-state index contributed by atoms with van der Waals surface area (Å²) in [4.78, 5) is 8.44. The van der Waals surface area contributed by atoms with Crippen LogP contribution in [0.25, 0.3) is 0 Å². The molecule has 0 amide bonds. The minimum atomic E-state index is -0.502. The van der Waals surface area contributed by atoms with Crippen LogP contribution in [0, 0.1) is 11.6 Å². The molecule has 88 valence electrons. The third-order valence-electron chi connectivity index (χ3n) is 1.96. The first-order chi connectivity index (χ1) is 8.19. The van der Waals surface area contributed by atoms with Crippen LogP contribution < -0.4 is 5.32 Å². The Bertz CT molecular complexity index is 517. The normalized spacial score (nSPS) is 10.3. The van der Waals surface area contributed by atoms with E-state index in [1.54, 1.807) is 19.2 Å². The first-order valence-electron chi connectivity index (χ1n) is 4.83. The van der Waals surface area contributed by atoms with Gasteiger partial charge in [-0.05, 0) is 24.3 Å². The molecule has 0 atom stereocenters. The summed E-state index contributed by atoms with van der Waals surface area (Å²) < 4.78 is 26.1. The minimum Gasteiger partial charge on any atom is -0.357 e. The number of benzene rings is 1. The maximum absolute atomic E-state index is 13.4. The lowest BCUT2D eigenvalue weighted by atomic mass is 10.4. The lowest BCUT2D eigenvalue weighted by Crippen LogP contribution is -1.98. The second-order valence-corrected chi connectivity index (χ2v) is 4.21. The van der Waals surface area contributed by atoms with E-state index in [9.17, 15) is 8.78 Å². The molecule has 3 nitrogen and oxygen atoms in total. The molecule has 0 aliphatic rings. The Morgan fingerprint density at radius 3 is 2.53 bits per heavy atom. The molecule has 0 bridgehead atoms. The second kappa shape index (κ2) is 5.09. The van der Waals surface area contributed by atoms with Gasteiger partial charge in [0.1, 0.15) is 10.8 Å². The highest BCUT2D eigenvalue weighted by Crippen LogP contribution is 2.28. The topological polar surface area (TPSA) is 37.8 Å². The van der Waals surface area contributed by atoms with Crippen molar-refractivity contribution in [3.05, 3.63) is 42.1 Å². The number of nitrogens with zero attached hydrogens (tertiary/aromatic N) is 2. The number of anilines is 1. The third-order valence-corrected chi connectivity index (χ3v) is 2.95. The molecular formula is C11H9F2N3S. The lowest BCUT2D eigenvalue weighted by molar-refractivity contribution is 0.580. The van der Waals surface area contributed by atoms with Crippen molar-refractivity contribution < 1.29 is 8.78 Å². The van der Waals surface area contributed by atoms with E-state index in [0.717, 1.165) is 18.0 Å². The van der Waals surface area contributed by atoms with Gasteiger partial charge in [0.05, 0.1) is 6.20 Å². The Kier molecular flexibility index (Phi) is 3.53. The van der Waals surface area contributed by atoms with Crippen LogP contribution in [-0.2, 0) is 0 Å². The van der Waals surface area contributed by atoms with Crippen molar-refractivity contribution >= 4 is 17.7 Å². The Labute approximate surface area is 101 Å². The quantitative estimate of drug-likeness (QED) is 0.853. The number of hydrogen-bond acceptors (Lipinski definition) is 4. The zero-order valence-corrected chi connectivity index (χ0v) is 9.76. The van der Waals surface area contributed by atoms with E-state index >= 15 is 0 Å². The molecule has 0 fully saturated rings. The molecule has 0 spiro atoms. The van der Waals surface area contributed by atoms with Gasteiger partial charge in [-0.2, -0.15) is 0 Å². The summed E-state index contributed by atoms with van der Waals surface area (Å²) in [5.74, 6) is -0.484. The van der Waals surface area contributed by atoms with Gasteiger partial charge in [0, 0.05) is 11.9 Å².